The Morgan fingerprint density at radius 3 is 2.29 bits per heavy atom. The minimum Gasteiger partial charge on any atom is -0.467 e. The van der Waals surface area contributed by atoms with Gasteiger partial charge in [0.15, 0.2) is 0 Å². The molecule has 0 aliphatic carbocycles. The van der Waals surface area contributed by atoms with Gasteiger partial charge in [-0.3, -0.25) is 14.6 Å². The van der Waals surface area contributed by atoms with E-state index >= 15 is 0 Å². The summed E-state index contributed by atoms with van der Waals surface area (Å²) >= 11 is 0. The molecule has 35 heavy (non-hydrogen) atoms. The van der Waals surface area contributed by atoms with E-state index < -0.39 is 11.9 Å². The van der Waals surface area contributed by atoms with E-state index in [-0.39, 0.29) is 18.1 Å². The molecule has 1 atom stereocenters. The van der Waals surface area contributed by atoms with Gasteiger partial charge in [-0.2, -0.15) is 0 Å². The number of benzene rings is 2. The van der Waals surface area contributed by atoms with Crippen LogP contribution in [0.25, 0.3) is 0 Å². The fraction of sp³-hybridized carbons (Fsp3) is 0.214. The van der Waals surface area contributed by atoms with Crippen LogP contribution in [-0.4, -0.2) is 26.7 Å². The molecule has 0 radical (unpaired) electrons. The predicted octanol–water partition coefficient (Wildman–Crippen LogP) is 5.52. The first-order valence-corrected chi connectivity index (χ1v) is 11.5. The van der Waals surface area contributed by atoms with E-state index in [9.17, 15) is 9.59 Å². The minimum atomic E-state index is -0.931. The smallest absolute Gasteiger partial charge is 0.275 e. The average Bonchev–Trinajstić information content (AvgIpc) is 3.38. The van der Waals surface area contributed by atoms with E-state index in [4.69, 9.17) is 4.42 Å². The number of hydrogen-bond donors (Lipinski definition) is 1. The van der Waals surface area contributed by atoms with Crippen LogP contribution in [0.4, 0.5) is 5.69 Å². The Bertz CT molecular complexity index is 1250. The molecule has 4 aromatic rings. The SMILES string of the molecule is Cc1ccc(C(C(=O)Nc2ccc(C(C)C)cc2)N(Cc2ccco2)C(=O)c2cnccn2)cc1. The van der Waals surface area contributed by atoms with Crippen LogP contribution in [0.2, 0.25) is 0 Å². The Kier molecular flexibility index (Phi) is 7.35. The van der Waals surface area contributed by atoms with Gasteiger partial charge in [0.05, 0.1) is 19.0 Å². The van der Waals surface area contributed by atoms with Crippen LogP contribution in [0.3, 0.4) is 0 Å². The molecule has 1 N–H and O–H groups in total. The molecule has 2 amide bonds. The van der Waals surface area contributed by atoms with Gasteiger partial charge in [-0.05, 0) is 48.2 Å². The summed E-state index contributed by atoms with van der Waals surface area (Å²) in [6, 6.07) is 17.9. The molecule has 2 aromatic heterocycles. The number of carbonyl (C=O) groups excluding carboxylic acids is 2. The first kappa shape index (κ1) is 23.9. The molecule has 2 heterocycles. The lowest BCUT2D eigenvalue weighted by atomic mass is 10.0. The Morgan fingerprint density at radius 2 is 1.69 bits per heavy atom. The normalized spacial score (nSPS) is 11.8. The molecule has 7 heteroatoms. The number of aryl methyl sites for hydroxylation is 1. The zero-order chi connectivity index (χ0) is 24.8. The van der Waals surface area contributed by atoms with Crippen LogP contribution in [-0.2, 0) is 11.3 Å². The summed E-state index contributed by atoms with van der Waals surface area (Å²) in [5.74, 6) is 0.169. The summed E-state index contributed by atoms with van der Waals surface area (Å²) in [5.41, 5.74) is 3.70. The van der Waals surface area contributed by atoms with E-state index in [1.165, 1.54) is 35.3 Å². The highest BCUT2D eigenvalue weighted by atomic mass is 16.3. The first-order valence-electron chi connectivity index (χ1n) is 11.5. The molecule has 178 valence electrons. The Balaban J connectivity index is 1.73. The number of amides is 2. The van der Waals surface area contributed by atoms with Gasteiger partial charge in [0.25, 0.3) is 11.8 Å². The van der Waals surface area contributed by atoms with Crippen LogP contribution < -0.4 is 5.32 Å². The van der Waals surface area contributed by atoms with Crippen molar-refractivity contribution in [1.29, 1.82) is 0 Å². The third-order valence-corrected chi connectivity index (χ3v) is 5.75. The number of nitrogens with zero attached hydrogens (tertiary/aromatic N) is 3. The molecule has 0 fully saturated rings. The summed E-state index contributed by atoms with van der Waals surface area (Å²) in [7, 11) is 0. The number of anilines is 1. The second kappa shape index (κ2) is 10.8. The van der Waals surface area contributed by atoms with Crippen molar-refractivity contribution in [2.45, 2.75) is 39.3 Å². The number of furan rings is 1. The van der Waals surface area contributed by atoms with Crippen LogP contribution in [0.5, 0.6) is 0 Å². The molecule has 0 aliphatic rings. The maximum Gasteiger partial charge on any atom is 0.275 e. The molecular formula is C28H28N4O3. The van der Waals surface area contributed by atoms with E-state index in [1.807, 2.05) is 55.5 Å². The fourth-order valence-electron chi connectivity index (χ4n) is 3.79. The van der Waals surface area contributed by atoms with Gasteiger partial charge in [-0.25, -0.2) is 4.98 Å². The molecule has 4 rings (SSSR count). The number of carbonyl (C=O) groups is 2. The topological polar surface area (TPSA) is 88.3 Å². The van der Waals surface area contributed by atoms with Gasteiger partial charge in [0.1, 0.15) is 17.5 Å². The number of nitrogens with one attached hydrogen (secondary N) is 1. The van der Waals surface area contributed by atoms with Crippen molar-refractivity contribution in [2.24, 2.45) is 0 Å². The van der Waals surface area contributed by atoms with Crippen molar-refractivity contribution in [2.75, 3.05) is 5.32 Å². The van der Waals surface area contributed by atoms with Crippen molar-refractivity contribution >= 4 is 17.5 Å². The largest absolute Gasteiger partial charge is 0.467 e. The van der Waals surface area contributed by atoms with Gasteiger partial charge in [-0.15, -0.1) is 0 Å². The lowest BCUT2D eigenvalue weighted by Crippen LogP contribution is -2.41. The Labute approximate surface area is 204 Å². The molecule has 2 aromatic carbocycles. The summed E-state index contributed by atoms with van der Waals surface area (Å²) in [5, 5.41) is 2.99. The van der Waals surface area contributed by atoms with Crippen LogP contribution in [0.15, 0.2) is 89.9 Å². The molecule has 0 saturated heterocycles. The monoisotopic (exact) mass is 468 g/mol. The summed E-state index contributed by atoms with van der Waals surface area (Å²) in [4.78, 5) is 37.0. The second-order valence-electron chi connectivity index (χ2n) is 8.68. The molecule has 0 aliphatic heterocycles. The minimum absolute atomic E-state index is 0.0840. The van der Waals surface area contributed by atoms with E-state index in [0.29, 0.717) is 22.9 Å². The van der Waals surface area contributed by atoms with Crippen LogP contribution >= 0.6 is 0 Å². The fourth-order valence-corrected chi connectivity index (χ4v) is 3.79. The molecule has 1 unspecified atom stereocenters. The molecular weight excluding hydrogens is 440 g/mol. The number of hydrogen-bond acceptors (Lipinski definition) is 5. The van der Waals surface area contributed by atoms with Gasteiger partial charge in [0.2, 0.25) is 0 Å². The van der Waals surface area contributed by atoms with E-state index in [0.717, 1.165) is 5.56 Å². The Hall–Kier alpha value is -4.26. The summed E-state index contributed by atoms with van der Waals surface area (Å²) in [6.45, 7) is 6.29. The maximum absolute atomic E-state index is 13.8. The van der Waals surface area contributed by atoms with Crippen LogP contribution in [0, 0.1) is 6.92 Å². The maximum atomic E-state index is 13.8. The van der Waals surface area contributed by atoms with Crippen LogP contribution in [0.1, 0.15) is 58.7 Å². The van der Waals surface area contributed by atoms with Crippen molar-refractivity contribution in [3.05, 3.63) is 114 Å². The average molecular weight is 469 g/mol. The van der Waals surface area contributed by atoms with E-state index in [2.05, 4.69) is 29.1 Å². The lowest BCUT2D eigenvalue weighted by molar-refractivity contribution is -0.121. The van der Waals surface area contributed by atoms with Crippen molar-refractivity contribution in [1.82, 2.24) is 14.9 Å². The third-order valence-electron chi connectivity index (χ3n) is 5.75. The lowest BCUT2D eigenvalue weighted by Gasteiger charge is -2.30. The van der Waals surface area contributed by atoms with Gasteiger partial charge in [0, 0.05) is 18.1 Å². The highest BCUT2D eigenvalue weighted by molar-refractivity contribution is 6.00. The quantitative estimate of drug-likeness (QED) is 0.368. The number of rotatable bonds is 8. The van der Waals surface area contributed by atoms with Gasteiger partial charge in [-0.1, -0.05) is 55.8 Å². The summed E-state index contributed by atoms with van der Waals surface area (Å²) in [6.07, 6.45) is 5.89. The zero-order valence-corrected chi connectivity index (χ0v) is 20.0. The third kappa shape index (κ3) is 5.81. The highest BCUT2D eigenvalue weighted by Gasteiger charge is 2.33. The van der Waals surface area contributed by atoms with E-state index in [1.54, 1.807) is 12.1 Å². The molecule has 0 bridgehead atoms. The first-order chi connectivity index (χ1) is 16.9. The second-order valence-corrected chi connectivity index (χ2v) is 8.68. The molecule has 0 spiro atoms. The highest BCUT2D eigenvalue weighted by Crippen LogP contribution is 2.28. The van der Waals surface area contributed by atoms with Crippen molar-refractivity contribution in [3.8, 4) is 0 Å². The Morgan fingerprint density at radius 1 is 0.971 bits per heavy atom. The van der Waals surface area contributed by atoms with Crippen molar-refractivity contribution < 1.29 is 14.0 Å². The van der Waals surface area contributed by atoms with Gasteiger partial charge < -0.3 is 14.6 Å². The van der Waals surface area contributed by atoms with Gasteiger partial charge >= 0.3 is 0 Å². The standard InChI is InChI=1S/C28H28N4O3/c1-19(2)21-10-12-23(13-11-21)31-27(33)26(22-8-6-20(3)7-9-22)32(18-24-5-4-16-35-24)28(34)25-17-29-14-15-30-25/h4-17,19,26H,18H2,1-3H3,(H,31,33). The summed E-state index contributed by atoms with van der Waals surface area (Å²) < 4.78 is 5.53. The zero-order valence-electron chi connectivity index (χ0n) is 20.0. The van der Waals surface area contributed by atoms with Crippen molar-refractivity contribution in [3.63, 3.8) is 0 Å². The molecule has 7 nitrogen and oxygen atoms in total. The molecule has 0 saturated carbocycles. The number of aromatic nitrogens is 2. The predicted molar refractivity (Wildman–Crippen MR) is 134 cm³/mol.